The molecule has 0 amide bonds. The van der Waals surface area contributed by atoms with Crippen LogP contribution in [0, 0.1) is 5.41 Å². The van der Waals surface area contributed by atoms with Gasteiger partial charge in [-0.05, 0) is 37.1 Å². The van der Waals surface area contributed by atoms with Gasteiger partial charge >= 0.3 is 5.97 Å². The zero-order valence-electron chi connectivity index (χ0n) is 10.5. The lowest BCUT2D eigenvalue weighted by Gasteiger charge is -2.23. The summed E-state index contributed by atoms with van der Waals surface area (Å²) in [6, 6.07) is 7.74. The van der Waals surface area contributed by atoms with Crippen LogP contribution in [0.1, 0.15) is 25.3 Å². The zero-order chi connectivity index (χ0) is 13.2. The third-order valence-corrected chi connectivity index (χ3v) is 4.09. The maximum Gasteiger partial charge on any atom is 0.310 e. The van der Waals surface area contributed by atoms with Crippen LogP contribution < -0.4 is 0 Å². The minimum absolute atomic E-state index is 0.557. The molecule has 3 nitrogen and oxygen atoms in total. The van der Waals surface area contributed by atoms with E-state index >= 15 is 0 Å². The monoisotopic (exact) mass is 267 g/mol. The summed E-state index contributed by atoms with van der Waals surface area (Å²) in [5.74, 6) is -0.668. The van der Waals surface area contributed by atoms with E-state index < -0.39 is 11.4 Å². The van der Waals surface area contributed by atoms with Gasteiger partial charge in [-0.1, -0.05) is 30.7 Å². The standard InChI is InChI=1S/C14H18ClNO2/c1-2-14(13(17)18)6-7-16(10-14)9-11-4-3-5-12(15)8-11/h3-5,8H,2,6-7,9-10H2,1H3,(H,17,18). The molecule has 1 fully saturated rings. The van der Waals surface area contributed by atoms with Crippen molar-refractivity contribution in [1.82, 2.24) is 4.90 Å². The molecule has 1 heterocycles. The van der Waals surface area contributed by atoms with E-state index in [-0.39, 0.29) is 0 Å². The van der Waals surface area contributed by atoms with Crippen molar-refractivity contribution >= 4 is 17.6 Å². The predicted octanol–water partition coefficient (Wildman–Crippen LogP) is 3.03. The zero-order valence-corrected chi connectivity index (χ0v) is 11.3. The van der Waals surface area contributed by atoms with Crippen molar-refractivity contribution < 1.29 is 9.90 Å². The lowest BCUT2D eigenvalue weighted by molar-refractivity contribution is -0.148. The molecule has 0 radical (unpaired) electrons. The van der Waals surface area contributed by atoms with Gasteiger partial charge in [-0.25, -0.2) is 0 Å². The molecule has 1 aromatic carbocycles. The molecule has 1 N–H and O–H groups in total. The fraction of sp³-hybridized carbons (Fsp3) is 0.500. The van der Waals surface area contributed by atoms with Crippen LogP contribution in [0.15, 0.2) is 24.3 Å². The molecule has 18 heavy (non-hydrogen) atoms. The number of halogens is 1. The fourth-order valence-corrected chi connectivity index (χ4v) is 2.81. The highest BCUT2D eigenvalue weighted by Crippen LogP contribution is 2.34. The molecule has 1 atom stereocenters. The molecule has 0 spiro atoms. The smallest absolute Gasteiger partial charge is 0.310 e. The van der Waals surface area contributed by atoms with Crippen LogP contribution in [0.4, 0.5) is 0 Å². The quantitative estimate of drug-likeness (QED) is 0.912. The van der Waals surface area contributed by atoms with E-state index in [1.807, 2.05) is 31.2 Å². The third kappa shape index (κ3) is 2.68. The fourth-order valence-electron chi connectivity index (χ4n) is 2.60. The Morgan fingerprint density at radius 2 is 2.33 bits per heavy atom. The first-order chi connectivity index (χ1) is 8.55. The van der Waals surface area contributed by atoms with Crippen molar-refractivity contribution in [3.63, 3.8) is 0 Å². The molecule has 1 aliphatic rings. The number of carboxylic acids is 1. The number of carbonyl (C=O) groups is 1. The molecule has 0 aromatic heterocycles. The van der Waals surface area contributed by atoms with Gasteiger partial charge in [0, 0.05) is 18.1 Å². The normalized spacial score (nSPS) is 24.3. The first-order valence-corrected chi connectivity index (χ1v) is 6.64. The number of rotatable bonds is 4. The number of nitrogens with zero attached hydrogens (tertiary/aromatic N) is 1. The Labute approximate surface area is 112 Å². The Hall–Kier alpha value is -1.06. The molecule has 4 heteroatoms. The van der Waals surface area contributed by atoms with Crippen LogP contribution in [0.2, 0.25) is 5.02 Å². The van der Waals surface area contributed by atoms with Crippen molar-refractivity contribution in [3.8, 4) is 0 Å². The van der Waals surface area contributed by atoms with Gasteiger partial charge in [0.1, 0.15) is 0 Å². The second-order valence-electron chi connectivity index (χ2n) is 5.03. The Bertz CT molecular complexity index is 449. The minimum Gasteiger partial charge on any atom is -0.481 e. The van der Waals surface area contributed by atoms with Crippen LogP contribution in [0.25, 0.3) is 0 Å². The van der Waals surface area contributed by atoms with Crippen LogP contribution in [-0.2, 0) is 11.3 Å². The lowest BCUT2D eigenvalue weighted by atomic mass is 9.84. The molecule has 2 rings (SSSR count). The molecule has 98 valence electrons. The second-order valence-corrected chi connectivity index (χ2v) is 5.47. The molecule has 1 aromatic rings. The third-order valence-electron chi connectivity index (χ3n) is 3.86. The first-order valence-electron chi connectivity index (χ1n) is 6.26. The van der Waals surface area contributed by atoms with E-state index in [1.165, 1.54) is 0 Å². The van der Waals surface area contributed by atoms with Gasteiger partial charge < -0.3 is 5.11 Å². The van der Waals surface area contributed by atoms with Gasteiger partial charge in [-0.3, -0.25) is 9.69 Å². The molecule has 1 unspecified atom stereocenters. The topological polar surface area (TPSA) is 40.5 Å². The summed E-state index contributed by atoms with van der Waals surface area (Å²) in [5, 5.41) is 10.1. The largest absolute Gasteiger partial charge is 0.481 e. The highest BCUT2D eigenvalue weighted by Gasteiger charge is 2.42. The van der Waals surface area contributed by atoms with Gasteiger partial charge in [0.05, 0.1) is 5.41 Å². The summed E-state index contributed by atoms with van der Waals surface area (Å²) in [6.45, 7) is 4.20. The average Bonchev–Trinajstić information content (AvgIpc) is 2.74. The average molecular weight is 268 g/mol. The van der Waals surface area contributed by atoms with Gasteiger partial charge in [-0.15, -0.1) is 0 Å². The number of hydrogen-bond acceptors (Lipinski definition) is 2. The molecular weight excluding hydrogens is 250 g/mol. The Morgan fingerprint density at radius 3 is 2.89 bits per heavy atom. The summed E-state index contributed by atoms with van der Waals surface area (Å²) in [5.41, 5.74) is 0.582. The number of carboxylic acid groups (broad SMARTS) is 1. The minimum atomic E-state index is -0.668. The lowest BCUT2D eigenvalue weighted by Crippen LogP contribution is -2.33. The Morgan fingerprint density at radius 1 is 1.56 bits per heavy atom. The summed E-state index contributed by atoms with van der Waals surface area (Å²) < 4.78 is 0. The summed E-state index contributed by atoms with van der Waals surface area (Å²) in [7, 11) is 0. The van der Waals surface area contributed by atoms with Crippen LogP contribution in [0.5, 0.6) is 0 Å². The summed E-state index contributed by atoms with van der Waals surface area (Å²) >= 11 is 5.95. The second kappa shape index (κ2) is 5.29. The Balaban J connectivity index is 2.03. The van der Waals surface area contributed by atoms with Crippen molar-refractivity contribution in [2.75, 3.05) is 13.1 Å². The first kappa shape index (κ1) is 13.4. The van der Waals surface area contributed by atoms with Crippen LogP contribution in [-0.4, -0.2) is 29.1 Å². The Kier molecular flexibility index (Phi) is 3.93. The van der Waals surface area contributed by atoms with Crippen LogP contribution in [0.3, 0.4) is 0 Å². The number of likely N-dealkylation sites (tertiary alicyclic amines) is 1. The number of aliphatic carboxylic acids is 1. The van der Waals surface area contributed by atoms with E-state index in [0.29, 0.717) is 13.0 Å². The highest BCUT2D eigenvalue weighted by molar-refractivity contribution is 6.30. The van der Waals surface area contributed by atoms with Crippen LogP contribution >= 0.6 is 11.6 Å². The molecule has 1 saturated heterocycles. The van der Waals surface area contributed by atoms with E-state index in [4.69, 9.17) is 11.6 Å². The van der Waals surface area contributed by atoms with E-state index in [1.54, 1.807) is 0 Å². The van der Waals surface area contributed by atoms with E-state index in [9.17, 15) is 9.90 Å². The molecule has 0 bridgehead atoms. The maximum absolute atomic E-state index is 11.4. The van der Waals surface area contributed by atoms with E-state index in [0.717, 1.165) is 30.1 Å². The molecular formula is C14H18ClNO2. The molecule has 1 aliphatic heterocycles. The predicted molar refractivity (Wildman–Crippen MR) is 71.7 cm³/mol. The van der Waals surface area contributed by atoms with Crippen molar-refractivity contribution in [3.05, 3.63) is 34.9 Å². The molecule has 0 aliphatic carbocycles. The maximum atomic E-state index is 11.4. The number of hydrogen-bond donors (Lipinski definition) is 1. The van der Waals surface area contributed by atoms with Gasteiger partial charge in [0.2, 0.25) is 0 Å². The highest BCUT2D eigenvalue weighted by atomic mass is 35.5. The van der Waals surface area contributed by atoms with Crippen molar-refractivity contribution in [1.29, 1.82) is 0 Å². The van der Waals surface area contributed by atoms with E-state index in [2.05, 4.69) is 4.90 Å². The van der Waals surface area contributed by atoms with Gasteiger partial charge in [-0.2, -0.15) is 0 Å². The van der Waals surface area contributed by atoms with Gasteiger partial charge in [0.15, 0.2) is 0 Å². The SMILES string of the molecule is CCC1(C(=O)O)CCN(Cc2cccc(Cl)c2)C1. The molecule has 0 saturated carbocycles. The summed E-state index contributed by atoms with van der Waals surface area (Å²) in [4.78, 5) is 13.6. The van der Waals surface area contributed by atoms with Crippen molar-refractivity contribution in [2.45, 2.75) is 26.3 Å². The van der Waals surface area contributed by atoms with Gasteiger partial charge in [0.25, 0.3) is 0 Å². The van der Waals surface area contributed by atoms with Crippen molar-refractivity contribution in [2.24, 2.45) is 5.41 Å². The summed E-state index contributed by atoms with van der Waals surface area (Å²) in [6.07, 6.45) is 1.42. The number of benzene rings is 1.